The smallest absolute Gasteiger partial charge is 0.287 e. The van der Waals surface area contributed by atoms with Crippen LogP contribution < -0.4 is 10.7 Å². The van der Waals surface area contributed by atoms with Crippen LogP contribution in [0.4, 0.5) is 0 Å². The van der Waals surface area contributed by atoms with Gasteiger partial charge in [-0.05, 0) is 18.6 Å². The first-order chi connectivity index (χ1) is 11.7. The number of benzene rings is 1. The van der Waals surface area contributed by atoms with Gasteiger partial charge in [0.25, 0.3) is 5.91 Å². The molecule has 4 atom stereocenters. The number of ether oxygens (including phenoxy) is 2. The van der Waals surface area contributed by atoms with Gasteiger partial charge in [0.1, 0.15) is 5.58 Å². The van der Waals surface area contributed by atoms with Crippen LogP contribution in [0.3, 0.4) is 0 Å². The van der Waals surface area contributed by atoms with Crippen molar-refractivity contribution in [1.82, 2.24) is 5.32 Å². The first-order valence-corrected chi connectivity index (χ1v) is 8.13. The van der Waals surface area contributed by atoms with Crippen LogP contribution in [-0.2, 0) is 9.47 Å². The Kier molecular flexibility index (Phi) is 3.86. The first-order valence-electron chi connectivity index (χ1n) is 8.13. The van der Waals surface area contributed by atoms with E-state index in [-0.39, 0.29) is 35.2 Å². The summed E-state index contributed by atoms with van der Waals surface area (Å²) in [6.45, 7) is 1.25. The lowest BCUT2D eigenvalue weighted by atomic mass is 9.67. The molecule has 1 aliphatic carbocycles. The quantitative estimate of drug-likeness (QED) is 0.921. The van der Waals surface area contributed by atoms with Crippen molar-refractivity contribution in [2.75, 3.05) is 20.3 Å². The van der Waals surface area contributed by atoms with Gasteiger partial charge in [0.05, 0.1) is 18.1 Å². The zero-order valence-electron chi connectivity index (χ0n) is 13.4. The molecule has 2 aliphatic rings. The topological polar surface area (TPSA) is 77.8 Å². The molecule has 0 unspecified atom stereocenters. The van der Waals surface area contributed by atoms with Gasteiger partial charge in [-0.1, -0.05) is 12.1 Å². The maximum absolute atomic E-state index is 12.6. The van der Waals surface area contributed by atoms with E-state index in [1.54, 1.807) is 31.4 Å². The van der Waals surface area contributed by atoms with Crippen molar-refractivity contribution in [3.05, 3.63) is 46.3 Å². The van der Waals surface area contributed by atoms with Crippen LogP contribution in [0.5, 0.6) is 0 Å². The van der Waals surface area contributed by atoms with Gasteiger partial charge in [0.15, 0.2) is 11.2 Å². The Morgan fingerprint density at radius 2 is 2.21 bits per heavy atom. The molecular formula is C18H19NO5. The highest BCUT2D eigenvalue weighted by molar-refractivity contribution is 5.93. The SMILES string of the molecule is COC[C@H]1[C@@H](NC(=O)c2cc(=O)c3ccccc3o2)[C@H]2CCO[C@H]21. The number of methoxy groups -OCH3 is 1. The second-order valence-electron chi connectivity index (χ2n) is 6.38. The highest BCUT2D eigenvalue weighted by Crippen LogP contribution is 2.43. The highest BCUT2D eigenvalue weighted by atomic mass is 16.5. The van der Waals surface area contributed by atoms with Crippen molar-refractivity contribution in [3.63, 3.8) is 0 Å². The molecule has 0 bridgehead atoms. The van der Waals surface area contributed by atoms with Crippen molar-refractivity contribution >= 4 is 16.9 Å². The number of carbonyl (C=O) groups is 1. The molecule has 0 radical (unpaired) electrons. The average Bonchev–Trinajstić information content (AvgIpc) is 3.02. The molecule has 6 heteroatoms. The van der Waals surface area contributed by atoms with Gasteiger partial charge < -0.3 is 19.2 Å². The number of hydrogen-bond donors (Lipinski definition) is 1. The minimum absolute atomic E-state index is 0.0123. The fraction of sp³-hybridized carbons (Fsp3) is 0.444. The van der Waals surface area contributed by atoms with E-state index in [1.165, 1.54) is 6.07 Å². The monoisotopic (exact) mass is 329 g/mol. The van der Waals surface area contributed by atoms with Crippen molar-refractivity contribution in [2.24, 2.45) is 11.8 Å². The summed E-state index contributed by atoms with van der Waals surface area (Å²) < 4.78 is 16.6. The number of nitrogens with one attached hydrogen (secondary N) is 1. The van der Waals surface area contributed by atoms with E-state index < -0.39 is 0 Å². The summed E-state index contributed by atoms with van der Waals surface area (Å²) in [7, 11) is 1.64. The van der Waals surface area contributed by atoms with Gasteiger partial charge in [-0.25, -0.2) is 0 Å². The van der Waals surface area contributed by atoms with E-state index in [2.05, 4.69) is 5.32 Å². The van der Waals surface area contributed by atoms with Crippen LogP contribution in [0.25, 0.3) is 11.0 Å². The third-order valence-corrected chi connectivity index (χ3v) is 5.04. The van der Waals surface area contributed by atoms with E-state index >= 15 is 0 Å². The van der Waals surface area contributed by atoms with Crippen LogP contribution in [0, 0.1) is 11.8 Å². The second kappa shape index (κ2) is 6.03. The number of hydrogen-bond acceptors (Lipinski definition) is 5. The standard InChI is InChI=1S/C18H19NO5/c1-22-9-12-16(11-6-7-23-17(11)12)19-18(21)15-8-13(20)10-4-2-3-5-14(10)24-15/h2-5,8,11-12,16-17H,6-7,9H2,1H3,(H,19,21)/t11-,12+,16+,17-/m1/s1. The maximum atomic E-state index is 12.6. The van der Waals surface area contributed by atoms with Crippen molar-refractivity contribution in [3.8, 4) is 0 Å². The highest BCUT2D eigenvalue weighted by Gasteiger charge is 2.54. The minimum atomic E-state index is -0.366. The molecule has 2 aromatic rings. The van der Waals surface area contributed by atoms with Crippen LogP contribution in [0.15, 0.2) is 39.5 Å². The molecule has 1 aromatic carbocycles. The first kappa shape index (κ1) is 15.4. The number of rotatable bonds is 4. The average molecular weight is 329 g/mol. The lowest BCUT2D eigenvalue weighted by Crippen LogP contribution is -2.62. The molecular weight excluding hydrogens is 310 g/mol. The molecule has 2 fully saturated rings. The van der Waals surface area contributed by atoms with Crippen molar-refractivity contribution < 1.29 is 18.7 Å². The number of carbonyl (C=O) groups excluding carboxylic acids is 1. The molecule has 1 saturated carbocycles. The fourth-order valence-corrected chi connectivity index (χ4v) is 3.87. The zero-order valence-corrected chi connectivity index (χ0v) is 13.4. The van der Waals surface area contributed by atoms with E-state index in [4.69, 9.17) is 13.9 Å². The lowest BCUT2D eigenvalue weighted by Gasteiger charge is -2.47. The van der Waals surface area contributed by atoms with Crippen molar-refractivity contribution in [2.45, 2.75) is 18.6 Å². The molecule has 4 rings (SSSR count). The largest absolute Gasteiger partial charge is 0.451 e. The predicted molar refractivity (Wildman–Crippen MR) is 87.0 cm³/mol. The zero-order chi connectivity index (χ0) is 16.7. The molecule has 1 amide bonds. The summed E-state index contributed by atoms with van der Waals surface area (Å²) in [4.78, 5) is 24.7. The molecule has 2 heterocycles. The Labute approximate surface area is 138 Å². The van der Waals surface area contributed by atoms with Gasteiger partial charge in [-0.2, -0.15) is 0 Å². The Morgan fingerprint density at radius 3 is 3.04 bits per heavy atom. The molecule has 1 aliphatic heterocycles. The van der Waals surface area contributed by atoms with E-state index in [0.29, 0.717) is 30.1 Å². The molecule has 1 N–H and O–H groups in total. The van der Waals surface area contributed by atoms with Crippen LogP contribution in [0.2, 0.25) is 0 Å². The van der Waals surface area contributed by atoms with E-state index in [0.717, 1.165) is 6.42 Å². The lowest BCUT2D eigenvalue weighted by molar-refractivity contribution is -0.0811. The fourth-order valence-electron chi connectivity index (χ4n) is 3.87. The molecule has 1 aromatic heterocycles. The Bertz CT molecular complexity index is 830. The maximum Gasteiger partial charge on any atom is 0.287 e. The summed E-state index contributed by atoms with van der Waals surface area (Å²) in [5, 5.41) is 3.47. The molecule has 0 spiro atoms. The number of amides is 1. The summed E-state index contributed by atoms with van der Waals surface area (Å²) in [6.07, 6.45) is 1.08. The van der Waals surface area contributed by atoms with Gasteiger partial charge >= 0.3 is 0 Å². The normalized spacial score (nSPS) is 28.4. The van der Waals surface area contributed by atoms with Crippen LogP contribution in [0.1, 0.15) is 17.0 Å². The van der Waals surface area contributed by atoms with Gasteiger partial charge in [0, 0.05) is 37.7 Å². The molecule has 6 nitrogen and oxygen atoms in total. The van der Waals surface area contributed by atoms with Gasteiger partial charge in [-0.15, -0.1) is 0 Å². The number of para-hydroxylation sites is 1. The summed E-state index contributed by atoms with van der Waals surface area (Å²) >= 11 is 0. The molecule has 24 heavy (non-hydrogen) atoms. The second-order valence-corrected chi connectivity index (χ2v) is 6.38. The van der Waals surface area contributed by atoms with E-state index in [9.17, 15) is 9.59 Å². The Balaban J connectivity index is 1.57. The van der Waals surface area contributed by atoms with E-state index in [1.807, 2.05) is 0 Å². The molecule has 1 saturated heterocycles. The predicted octanol–water partition coefficient (Wildman–Crippen LogP) is 1.57. The van der Waals surface area contributed by atoms with Gasteiger partial charge in [0.2, 0.25) is 0 Å². The summed E-state index contributed by atoms with van der Waals surface area (Å²) in [5.74, 6) is 0.117. The third-order valence-electron chi connectivity index (χ3n) is 5.04. The Morgan fingerprint density at radius 1 is 1.38 bits per heavy atom. The molecule has 126 valence electrons. The minimum Gasteiger partial charge on any atom is -0.451 e. The Hall–Kier alpha value is -2.18. The third kappa shape index (κ3) is 2.42. The number of fused-ring (bicyclic) bond motifs is 2. The summed E-state index contributed by atoms with van der Waals surface area (Å²) in [6, 6.07) is 8.15. The van der Waals surface area contributed by atoms with Crippen molar-refractivity contribution in [1.29, 1.82) is 0 Å². The van der Waals surface area contributed by atoms with Crippen LogP contribution >= 0.6 is 0 Å². The summed E-state index contributed by atoms with van der Waals surface area (Å²) in [5.41, 5.74) is 0.199. The van der Waals surface area contributed by atoms with Gasteiger partial charge in [-0.3, -0.25) is 9.59 Å². The van der Waals surface area contributed by atoms with Crippen LogP contribution in [-0.4, -0.2) is 38.4 Å².